The van der Waals surface area contributed by atoms with Crippen LogP contribution in [0.3, 0.4) is 0 Å². The molecule has 0 amide bonds. The van der Waals surface area contributed by atoms with Crippen LogP contribution < -0.4 is 5.32 Å². The molecule has 6 nitrogen and oxygen atoms in total. The van der Waals surface area contributed by atoms with Crippen LogP contribution in [0.25, 0.3) is 0 Å². The standard InChI is InChI=1S/C12H20N6/c1-5-9-7-10(17(3)15-9)12(13-6-2)11-8-14-16-18(11)4/h7-8,12-13H,5-6H2,1-4H3. The van der Waals surface area contributed by atoms with Gasteiger partial charge in [0.1, 0.15) is 0 Å². The molecule has 6 heteroatoms. The van der Waals surface area contributed by atoms with Gasteiger partial charge >= 0.3 is 0 Å². The molecule has 98 valence electrons. The summed E-state index contributed by atoms with van der Waals surface area (Å²) < 4.78 is 3.73. The Labute approximate surface area is 107 Å². The Kier molecular flexibility index (Phi) is 3.76. The van der Waals surface area contributed by atoms with Crippen molar-refractivity contribution >= 4 is 0 Å². The minimum absolute atomic E-state index is 0.0767. The zero-order valence-electron chi connectivity index (χ0n) is 11.4. The number of aromatic nitrogens is 5. The summed E-state index contributed by atoms with van der Waals surface area (Å²) in [6.45, 7) is 5.08. The Balaban J connectivity index is 2.41. The van der Waals surface area contributed by atoms with Crippen molar-refractivity contribution in [3.63, 3.8) is 0 Å². The highest BCUT2D eigenvalue weighted by atomic mass is 15.4. The fourth-order valence-corrected chi connectivity index (χ4v) is 2.11. The molecule has 0 aromatic carbocycles. The first-order valence-corrected chi connectivity index (χ1v) is 6.28. The van der Waals surface area contributed by atoms with Crippen LogP contribution >= 0.6 is 0 Å². The van der Waals surface area contributed by atoms with Crippen molar-refractivity contribution in [2.45, 2.75) is 26.3 Å². The molecule has 2 aromatic heterocycles. The molecule has 18 heavy (non-hydrogen) atoms. The van der Waals surface area contributed by atoms with E-state index in [0.29, 0.717) is 0 Å². The van der Waals surface area contributed by atoms with Crippen molar-refractivity contribution in [2.75, 3.05) is 6.54 Å². The third kappa shape index (κ3) is 2.28. The quantitative estimate of drug-likeness (QED) is 0.850. The van der Waals surface area contributed by atoms with E-state index in [1.54, 1.807) is 10.9 Å². The van der Waals surface area contributed by atoms with Crippen molar-refractivity contribution in [3.8, 4) is 0 Å². The summed E-state index contributed by atoms with van der Waals surface area (Å²) in [4.78, 5) is 0. The highest BCUT2D eigenvalue weighted by molar-refractivity contribution is 5.22. The molecule has 1 atom stereocenters. The smallest absolute Gasteiger partial charge is 0.0935 e. The van der Waals surface area contributed by atoms with Gasteiger partial charge in [-0.25, -0.2) is 0 Å². The lowest BCUT2D eigenvalue weighted by atomic mass is 10.1. The van der Waals surface area contributed by atoms with E-state index < -0.39 is 0 Å². The second-order valence-corrected chi connectivity index (χ2v) is 4.31. The van der Waals surface area contributed by atoms with Crippen molar-refractivity contribution in [1.82, 2.24) is 30.1 Å². The first-order valence-electron chi connectivity index (χ1n) is 6.28. The fourth-order valence-electron chi connectivity index (χ4n) is 2.11. The summed E-state index contributed by atoms with van der Waals surface area (Å²) in [7, 11) is 3.88. The van der Waals surface area contributed by atoms with Crippen LogP contribution in [0.1, 0.15) is 37.0 Å². The molecule has 0 saturated carbocycles. The van der Waals surface area contributed by atoms with Gasteiger partial charge in [0.2, 0.25) is 0 Å². The van der Waals surface area contributed by atoms with Gasteiger partial charge in [0, 0.05) is 14.1 Å². The van der Waals surface area contributed by atoms with Crippen LogP contribution in [0, 0.1) is 0 Å². The first-order chi connectivity index (χ1) is 8.67. The van der Waals surface area contributed by atoms with Gasteiger partial charge in [-0.05, 0) is 19.0 Å². The largest absolute Gasteiger partial charge is 0.304 e. The highest BCUT2D eigenvalue weighted by Crippen LogP contribution is 2.21. The van der Waals surface area contributed by atoms with Crippen LogP contribution in [0.4, 0.5) is 0 Å². The maximum Gasteiger partial charge on any atom is 0.0935 e. The molecule has 2 rings (SSSR count). The van der Waals surface area contributed by atoms with Gasteiger partial charge in [-0.3, -0.25) is 9.36 Å². The van der Waals surface area contributed by atoms with Gasteiger partial charge in [-0.1, -0.05) is 19.1 Å². The highest BCUT2D eigenvalue weighted by Gasteiger charge is 2.21. The number of rotatable bonds is 5. The summed E-state index contributed by atoms with van der Waals surface area (Å²) in [5.74, 6) is 0. The van der Waals surface area contributed by atoms with Crippen LogP contribution in [0.5, 0.6) is 0 Å². The fraction of sp³-hybridized carbons (Fsp3) is 0.583. The molecule has 2 aromatic rings. The molecule has 0 aliphatic rings. The third-order valence-electron chi connectivity index (χ3n) is 3.08. The maximum absolute atomic E-state index is 4.50. The predicted molar refractivity (Wildman–Crippen MR) is 69.1 cm³/mol. The van der Waals surface area contributed by atoms with E-state index in [-0.39, 0.29) is 6.04 Å². The summed E-state index contributed by atoms with van der Waals surface area (Å²) in [6.07, 6.45) is 2.74. The van der Waals surface area contributed by atoms with E-state index >= 15 is 0 Å². The Morgan fingerprint density at radius 3 is 2.50 bits per heavy atom. The minimum atomic E-state index is 0.0767. The van der Waals surface area contributed by atoms with E-state index in [1.807, 2.05) is 18.8 Å². The Hall–Kier alpha value is -1.69. The zero-order chi connectivity index (χ0) is 13.1. The number of nitrogens with one attached hydrogen (secondary N) is 1. The van der Waals surface area contributed by atoms with Crippen molar-refractivity contribution < 1.29 is 0 Å². The Morgan fingerprint density at radius 2 is 2.00 bits per heavy atom. The topological polar surface area (TPSA) is 60.6 Å². The average Bonchev–Trinajstić information content (AvgIpc) is 2.93. The molecule has 0 spiro atoms. The average molecular weight is 248 g/mol. The SMILES string of the molecule is CCNC(c1cnnn1C)c1cc(CC)nn1C. The van der Waals surface area contributed by atoms with E-state index in [0.717, 1.165) is 30.0 Å². The second kappa shape index (κ2) is 5.30. The molecule has 2 heterocycles. The van der Waals surface area contributed by atoms with Crippen molar-refractivity contribution in [3.05, 3.63) is 29.3 Å². The summed E-state index contributed by atoms with van der Waals surface area (Å²) in [5, 5.41) is 15.9. The van der Waals surface area contributed by atoms with Gasteiger partial charge < -0.3 is 5.32 Å². The van der Waals surface area contributed by atoms with Gasteiger partial charge in [-0.2, -0.15) is 5.10 Å². The lowest BCUT2D eigenvalue weighted by Crippen LogP contribution is -2.26. The molecule has 0 radical (unpaired) electrons. The van der Waals surface area contributed by atoms with Crippen LogP contribution in [-0.4, -0.2) is 31.3 Å². The molecular weight excluding hydrogens is 228 g/mol. The Morgan fingerprint density at radius 1 is 1.22 bits per heavy atom. The first kappa shape index (κ1) is 12.8. The molecule has 0 saturated heterocycles. The van der Waals surface area contributed by atoms with Gasteiger partial charge in [-0.15, -0.1) is 5.10 Å². The van der Waals surface area contributed by atoms with E-state index in [9.17, 15) is 0 Å². The molecule has 0 aliphatic carbocycles. The van der Waals surface area contributed by atoms with Crippen molar-refractivity contribution in [1.29, 1.82) is 0 Å². The lowest BCUT2D eigenvalue weighted by Gasteiger charge is -2.17. The van der Waals surface area contributed by atoms with Crippen molar-refractivity contribution in [2.24, 2.45) is 14.1 Å². The minimum Gasteiger partial charge on any atom is -0.304 e. The molecule has 0 aliphatic heterocycles. The lowest BCUT2D eigenvalue weighted by molar-refractivity contribution is 0.531. The Bertz CT molecular complexity index is 512. The summed E-state index contributed by atoms with van der Waals surface area (Å²) in [5.41, 5.74) is 3.28. The zero-order valence-corrected chi connectivity index (χ0v) is 11.4. The van der Waals surface area contributed by atoms with E-state index in [2.05, 4.69) is 40.6 Å². The maximum atomic E-state index is 4.50. The number of hydrogen-bond donors (Lipinski definition) is 1. The number of nitrogens with zero attached hydrogens (tertiary/aromatic N) is 5. The van der Waals surface area contributed by atoms with Crippen LogP contribution in [0.15, 0.2) is 12.3 Å². The molecular formula is C12H20N6. The van der Waals surface area contributed by atoms with E-state index in [4.69, 9.17) is 0 Å². The van der Waals surface area contributed by atoms with Crippen LogP contribution in [0.2, 0.25) is 0 Å². The predicted octanol–water partition coefficient (Wildman–Crippen LogP) is 0.810. The monoisotopic (exact) mass is 248 g/mol. The normalized spacial score (nSPS) is 12.9. The van der Waals surface area contributed by atoms with Gasteiger partial charge in [0.25, 0.3) is 0 Å². The molecule has 1 unspecified atom stereocenters. The van der Waals surface area contributed by atoms with Crippen LogP contribution in [-0.2, 0) is 20.5 Å². The number of hydrogen-bond acceptors (Lipinski definition) is 4. The molecule has 1 N–H and O–H groups in total. The summed E-state index contributed by atoms with van der Waals surface area (Å²) in [6, 6.07) is 2.22. The van der Waals surface area contributed by atoms with E-state index in [1.165, 1.54) is 0 Å². The van der Waals surface area contributed by atoms with Gasteiger partial charge in [0.05, 0.1) is 29.3 Å². The second-order valence-electron chi connectivity index (χ2n) is 4.31. The summed E-state index contributed by atoms with van der Waals surface area (Å²) >= 11 is 0. The number of aryl methyl sites for hydroxylation is 3. The third-order valence-corrected chi connectivity index (χ3v) is 3.08. The molecule has 0 fully saturated rings. The van der Waals surface area contributed by atoms with Gasteiger partial charge in [0.15, 0.2) is 0 Å². The molecule has 0 bridgehead atoms.